The van der Waals surface area contributed by atoms with Crippen LogP contribution in [-0.2, 0) is 9.53 Å². The van der Waals surface area contributed by atoms with Gasteiger partial charge in [-0.3, -0.25) is 9.69 Å². The van der Waals surface area contributed by atoms with Gasteiger partial charge in [0.1, 0.15) is 0 Å². The Morgan fingerprint density at radius 3 is 2.39 bits per heavy atom. The predicted octanol–water partition coefficient (Wildman–Crippen LogP) is 1.50. The Morgan fingerprint density at radius 2 is 1.78 bits per heavy atom. The summed E-state index contributed by atoms with van der Waals surface area (Å²) in [5.41, 5.74) is 0. The molecule has 0 aromatic heterocycles. The van der Waals surface area contributed by atoms with Gasteiger partial charge < -0.3 is 9.64 Å². The SMILES string of the molecule is CC1CCCC(C)N1C(=O)CCN1CCOCC1. The summed E-state index contributed by atoms with van der Waals surface area (Å²) in [5.74, 6) is 0.334. The van der Waals surface area contributed by atoms with Crippen molar-refractivity contribution in [3.8, 4) is 0 Å². The summed E-state index contributed by atoms with van der Waals surface area (Å²) in [6.45, 7) is 8.81. The average Bonchev–Trinajstić information content (AvgIpc) is 2.37. The van der Waals surface area contributed by atoms with E-state index in [1.54, 1.807) is 0 Å². The van der Waals surface area contributed by atoms with Crippen LogP contribution in [0.5, 0.6) is 0 Å². The molecule has 2 rings (SSSR count). The molecular formula is C14H26N2O2. The van der Waals surface area contributed by atoms with E-state index in [2.05, 4.69) is 23.6 Å². The molecule has 0 saturated carbocycles. The lowest BCUT2D eigenvalue weighted by atomic mass is 9.97. The van der Waals surface area contributed by atoms with Gasteiger partial charge >= 0.3 is 0 Å². The summed E-state index contributed by atoms with van der Waals surface area (Å²) in [6.07, 6.45) is 4.24. The van der Waals surface area contributed by atoms with Crippen LogP contribution in [0.2, 0.25) is 0 Å². The second-order valence-corrected chi connectivity index (χ2v) is 5.63. The van der Waals surface area contributed by atoms with Gasteiger partial charge in [0.15, 0.2) is 0 Å². The quantitative estimate of drug-likeness (QED) is 0.765. The third-order valence-corrected chi connectivity index (χ3v) is 4.23. The van der Waals surface area contributed by atoms with E-state index < -0.39 is 0 Å². The number of carbonyl (C=O) groups excluding carboxylic acids is 1. The van der Waals surface area contributed by atoms with Gasteiger partial charge in [0.25, 0.3) is 0 Å². The summed E-state index contributed by atoms with van der Waals surface area (Å²) in [6, 6.07) is 0.844. The van der Waals surface area contributed by atoms with E-state index in [0.717, 1.165) is 45.7 Å². The molecule has 2 fully saturated rings. The second-order valence-electron chi connectivity index (χ2n) is 5.63. The first-order valence-electron chi connectivity index (χ1n) is 7.29. The zero-order chi connectivity index (χ0) is 13.0. The Labute approximate surface area is 110 Å². The fourth-order valence-corrected chi connectivity index (χ4v) is 3.12. The lowest BCUT2D eigenvalue weighted by Gasteiger charge is -2.39. The second kappa shape index (κ2) is 6.53. The highest BCUT2D eigenvalue weighted by Crippen LogP contribution is 2.23. The molecule has 4 heteroatoms. The van der Waals surface area contributed by atoms with E-state index in [4.69, 9.17) is 4.74 Å². The Morgan fingerprint density at radius 1 is 1.17 bits per heavy atom. The van der Waals surface area contributed by atoms with Crippen molar-refractivity contribution in [3.05, 3.63) is 0 Å². The summed E-state index contributed by atoms with van der Waals surface area (Å²) < 4.78 is 5.32. The standard InChI is InChI=1S/C14H26N2O2/c1-12-4-3-5-13(2)16(12)14(17)6-7-15-8-10-18-11-9-15/h12-13H,3-11H2,1-2H3. The number of nitrogens with zero attached hydrogens (tertiary/aromatic N) is 2. The molecular weight excluding hydrogens is 228 g/mol. The molecule has 2 heterocycles. The van der Waals surface area contributed by atoms with Crippen LogP contribution in [0.3, 0.4) is 0 Å². The topological polar surface area (TPSA) is 32.8 Å². The lowest BCUT2D eigenvalue weighted by molar-refractivity contribution is -0.137. The first-order chi connectivity index (χ1) is 8.68. The molecule has 104 valence electrons. The number of amides is 1. The fraction of sp³-hybridized carbons (Fsp3) is 0.929. The maximum absolute atomic E-state index is 12.3. The van der Waals surface area contributed by atoms with Gasteiger partial charge in [-0.25, -0.2) is 0 Å². The molecule has 18 heavy (non-hydrogen) atoms. The van der Waals surface area contributed by atoms with E-state index in [0.29, 0.717) is 24.4 Å². The Kier molecular flexibility index (Phi) is 5.01. The molecule has 0 radical (unpaired) electrons. The van der Waals surface area contributed by atoms with E-state index in [9.17, 15) is 4.79 Å². The smallest absolute Gasteiger partial charge is 0.224 e. The maximum Gasteiger partial charge on any atom is 0.224 e. The van der Waals surface area contributed by atoms with Crippen molar-refractivity contribution in [1.29, 1.82) is 0 Å². The van der Waals surface area contributed by atoms with E-state index in [-0.39, 0.29) is 0 Å². The molecule has 2 atom stereocenters. The summed E-state index contributed by atoms with van der Waals surface area (Å²) in [5, 5.41) is 0. The molecule has 0 aliphatic carbocycles. The highest BCUT2D eigenvalue weighted by molar-refractivity contribution is 5.77. The van der Waals surface area contributed by atoms with Gasteiger partial charge in [-0.2, -0.15) is 0 Å². The molecule has 2 aliphatic heterocycles. The largest absolute Gasteiger partial charge is 0.379 e. The van der Waals surface area contributed by atoms with Crippen molar-refractivity contribution >= 4 is 5.91 Å². The highest BCUT2D eigenvalue weighted by atomic mass is 16.5. The van der Waals surface area contributed by atoms with Crippen LogP contribution in [0.25, 0.3) is 0 Å². The first kappa shape index (κ1) is 13.8. The third kappa shape index (κ3) is 3.45. The molecule has 4 nitrogen and oxygen atoms in total. The number of carbonyl (C=O) groups is 1. The van der Waals surface area contributed by atoms with Crippen LogP contribution < -0.4 is 0 Å². The summed E-state index contributed by atoms with van der Waals surface area (Å²) >= 11 is 0. The lowest BCUT2D eigenvalue weighted by Crippen LogP contribution is -2.48. The molecule has 0 aromatic carbocycles. The molecule has 2 aliphatic rings. The van der Waals surface area contributed by atoms with Crippen molar-refractivity contribution in [1.82, 2.24) is 9.80 Å². The number of hydrogen-bond acceptors (Lipinski definition) is 3. The highest BCUT2D eigenvalue weighted by Gasteiger charge is 2.28. The Hall–Kier alpha value is -0.610. The Balaban J connectivity index is 1.79. The number of ether oxygens (including phenoxy) is 1. The van der Waals surface area contributed by atoms with Gasteiger partial charge in [0, 0.05) is 38.1 Å². The Bertz CT molecular complexity index is 267. The van der Waals surface area contributed by atoms with Crippen LogP contribution in [0, 0.1) is 0 Å². The number of piperidine rings is 1. The number of hydrogen-bond donors (Lipinski definition) is 0. The number of rotatable bonds is 3. The molecule has 0 bridgehead atoms. The maximum atomic E-state index is 12.3. The minimum Gasteiger partial charge on any atom is -0.379 e. The van der Waals surface area contributed by atoms with Gasteiger partial charge in [-0.1, -0.05) is 0 Å². The molecule has 0 aromatic rings. The molecule has 0 N–H and O–H groups in total. The van der Waals surface area contributed by atoms with Gasteiger partial charge in [0.05, 0.1) is 13.2 Å². The van der Waals surface area contributed by atoms with E-state index >= 15 is 0 Å². The first-order valence-corrected chi connectivity index (χ1v) is 7.29. The summed E-state index contributed by atoms with van der Waals surface area (Å²) in [4.78, 5) is 16.8. The molecule has 2 unspecified atom stereocenters. The summed E-state index contributed by atoms with van der Waals surface area (Å²) in [7, 11) is 0. The van der Waals surface area contributed by atoms with Crippen LogP contribution in [0.4, 0.5) is 0 Å². The third-order valence-electron chi connectivity index (χ3n) is 4.23. The van der Waals surface area contributed by atoms with Crippen molar-refractivity contribution in [3.63, 3.8) is 0 Å². The monoisotopic (exact) mass is 254 g/mol. The molecule has 0 spiro atoms. The van der Waals surface area contributed by atoms with Gasteiger partial charge in [0.2, 0.25) is 5.91 Å². The van der Waals surface area contributed by atoms with Gasteiger partial charge in [-0.05, 0) is 33.1 Å². The van der Waals surface area contributed by atoms with Crippen molar-refractivity contribution < 1.29 is 9.53 Å². The van der Waals surface area contributed by atoms with Crippen molar-refractivity contribution in [2.45, 2.75) is 51.6 Å². The predicted molar refractivity (Wildman–Crippen MR) is 71.5 cm³/mol. The minimum atomic E-state index is 0.334. The molecule has 2 saturated heterocycles. The zero-order valence-corrected chi connectivity index (χ0v) is 11.7. The number of morpholine rings is 1. The zero-order valence-electron chi connectivity index (χ0n) is 11.7. The normalized spacial score (nSPS) is 30.4. The van der Waals surface area contributed by atoms with Gasteiger partial charge in [-0.15, -0.1) is 0 Å². The average molecular weight is 254 g/mol. The van der Waals surface area contributed by atoms with E-state index in [1.165, 1.54) is 6.42 Å². The van der Waals surface area contributed by atoms with Crippen LogP contribution in [-0.4, -0.2) is 60.6 Å². The molecule has 1 amide bonds. The van der Waals surface area contributed by atoms with Crippen LogP contribution >= 0.6 is 0 Å². The van der Waals surface area contributed by atoms with Crippen LogP contribution in [0.1, 0.15) is 39.5 Å². The number of likely N-dealkylation sites (tertiary alicyclic amines) is 1. The fourth-order valence-electron chi connectivity index (χ4n) is 3.12. The van der Waals surface area contributed by atoms with E-state index in [1.807, 2.05) is 0 Å². The van der Waals surface area contributed by atoms with Crippen molar-refractivity contribution in [2.75, 3.05) is 32.8 Å². The minimum absolute atomic E-state index is 0.334. The van der Waals surface area contributed by atoms with Crippen LogP contribution in [0.15, 0.2) is 0 Å². The van der Waals surface area contributed by atoms with Crippen molar-refractivity contribution in [2.24, 2.45) is 0 Å².